The lowest BCUT2D eigenvalue weighted by Gasteiger charge is -2.17. The summed E-state index contributed by atoms with van der Waals surface area (Å²) in [6.07, 6.45) is 3.16. The highest BCUT2D eigenvalue weighted by atomic mass is 19.4. The van der Waals surface area contributed by atoms with Gasteiger partial charge in [0.1, 0.15) is 0 Å². The highest BCUT2D eigenvalue weighted by molar-refractivity contribution is 5.80. The van der Waals surface area contributed by atoms with Crippen molar-refractivity contribution in [1.82, 2.24) is 15.6 Å². The van der Waals surface area contributed by atoms with Crippen LogP contribution in [-0.2, 0) is 6.54 Å². The number of alkyl halides is 3. The molecule has 0 amide bonds. The number of halogens is 3. The fourth-order valence-electron chi connectivity index (χ4n) is 2.10. The number of nitrogens with one attached hydrogen (secondary N) is 2. The topological polar surface area (TPSA) is 58.5 Å². The van der Waals surface area contributed by atoms with Crippen molar-refractivity contribution in [2.24, 2.45) is 4.99 Å². The van der Waals surface area contributed by atoms with Crippen molar-refractivity contribution in [2.75, 3.05) is 13.7 Å². The molecule has 0 unspecified atom stereocenters. The molecule has 2 N–H and O–H groups in total. The molecule has 1 aliphatic rings. The highest BCUT2D eigenvalue weighted by Crippen LogP contribution is 2.17. The monoisotopic (exact) mass is 328 g/mol. The van der Waals surface area contributed by atoms with E-state index in [1.54, 1.807) is 13.1 Å². The molecule has 0 atom stereocenters. The number of rotatable bonds is 5. The molecule has 0 radical (unpaired) electrons. The van der Waals surface area contributed by atoms with Crippen LogP contribution in [0, 0.1) is 0 Å². The second-order valence-electron chi connectivity index (χ2n) is 5.12. The van der Waals surface area contributed by atoms with E-state index >= 15 is 0 Å². The molecular formula is C15H19F3N4O. The number of hydrogen-bond acceptors (Lipinski definition) is 3. The van der Waals surface area contributed by atoms with Crippen molar-refractivity contribution in [3.05, 3.63) is 36.0 Å². The van der Waals surface area contributed by atoms with Gasteiger partial charge in [0.25, 0.3) is 0 Å². The van der Waals surface area contributed by atoms with Crippen LogP contribution in [0.2, 0.25) is 0 Å². The summed E-state index contributed by atoms with van der Waals surface area (Å²) < 4.78 is 41.1. The van der Waals surface area contributed by atoms with Crippen LogP contribution in [0.4, 0.5) is 13.2 Å². The normalized spacial score (nSPS) is 15.7. The van der Waals surface area contributed by atoms with Gasteiger partial charge in [0.15, 0.2) is 12.6 Å². The van der Waals surface area contributed by atoms with Crippen molar-refractivity contribution in [3.63, 3.8) is 0 Å². The fourth-order valence-corrected chi connectivity index (χ4v) is 2.10. The second kappa shape index (κ2) is 7.85. The Morgan fingerprint density at radius 1 is 1.39 bits per heavy atom. The van der Waals surface area contributed by atoms with E-state index < -0.39 is 12.8 Å². The van der Waals surface area contributed by atoms with E-state index in [1.165, 1.54) is 12.3 Å². The van der Waals surface area contributed by atoms with Gasteiger partial charge in [-0.05, 0) is 24.5 Å². The zero-order chi connectivity index (χ0) is 16.7. The lowest BCUT2D eigenvalue weighted by atomic mass is 10.2. The standard InChI is InChI=1S/C15H19F3N4O/c1-19-14(22-12-4-2-3-5-12)21-9-11-6-7-20-13(8-11)23-10-15(16,17)18/h2-3,6-8,12H,4-5,9-10H2,1H3,(H2,19,21,22). The summed E-state index contributed by atoms with van der Waals surface area (Å²) in [6.45, 7) is -0.945. The van der Waals surface area contributed by atoms with Gasteiger partial charge in [-0.3, -0.25) is 4.99 Å². The molecule has 0 aliphatic heterocycles. The fraction of sp³-hybridized carbons (Fsp3) is 0.467. The quantitative estimate of drug-likeness (QED) is 0.495. The van der Waals surface area contributed by atoms with Crippen molar-refractivity contribution >= 4 is 5.96 Å². The zero-order valence-corrected chi connectivity index (χ0v) is 12.7. The van der Waals surface area contributed by atoms with Gasteiger partial charge in [0.2, 0.25) is 5.88 Å². The van der Waals surface area contributed by atoms with Crippen LogP contribution in [0.1, 0.15) is 18.4 Å². The Kier molecular flexibility index (Phi) is 5.84. The SMILES string of the molecule is CN=C(NCc1ccnc(OCC(F)(F)F)c1)NC1CC=CC1. The van der Waals surface area contributed by atoms with Gasteiger partial charge >= 0.3 is 6.18 Å². The third-order valence-corrected chi connectivity index (χ3v) is 3.22. The number of pyridine rings is 1. The van der Waals surface area contributed by atoms with Gasteiger partial charge < -0.3 is 15.4 Å². The number of nitrogens with zero attached hydrogens (tertiary/aromatic N) is 2. The summed E-state index contributed by atoms with van der Waals surface area (Å²) in [5, 5.41) is 6.39. The molecule has 0 fully saturated rings. The van der Waals surface area contributed by atoms with Gasteiger partial charge in [-0.25, -0.2) is 4.98 Å². The number of aromatic nitrogens is 1. The summed E-state index contributed by atoms with van der Waals surface area (Å²) in [7, 11) is 1.67. The molecule has 1 aliphatic carbocycles. The van der Waals surface area contributed by atoms with Crippen LogP contribution in [0.25, 0.3) is 0 Å². The molecule has 1 aromatic heterocycles. The second-order valence-corrected chi connectivity index (χ2v) is 5.12. The van der Waals surface area contributed by atoms with Crippen molar-refractivity contribution in [3.8, 4) is 5.88 Å². The van der Waals surface area contributed by atoms with Crippen molar-refractivity contribution in [1.29, 1.82) is 0 Å². The minimum absolute atomic E-state index is 0.0513. The molecule has 0 spiro atoms. The summed E-state index contributed by atoms with van der Waals surface area (Å²) in [5.74, 6) is 0.595. The first-order chi connectivity index (χ1) is 11.0. The van der Waals surface area contributed by atoms with E-state index in [2.05, 4.69) is 37.5 Å². The van der Waals surface area contributed by atoms with Crippen molar-refractivity contribution < 1.29 is 17.9 Å². The average Bonchev–Trinajstić information content (AvgIpc) is 3.02. The minimum atomic E-state index is -4.38. The van der Waals surface area contributed by atoms with Gasteiger partial charge in [0.05, 0.1) is 0 Å². The van der Waals surface area contributed by atoms with E-state index in [1.807, 2.05) is 0 Å². The molecule has 1 aromatic rings. The smallest absolute Gasteiger partial charge is 0.422 e. The molecule has 23 heavy (non-hydrogen) atoms. The molecule has 126 valence electrons. The number of guanidine groups is 1. The highest BCUT2D eigenvalue weighted by Gasteiger charge is 2.28. The Morgan fingerprint density at radius 3 is 2.78 bits per heavy atom. The molecule has 0 saturated carbocycles. The summed E-state index contributed by atoms with van der Waals surface area (Å²) in [6, 6.07) is 3.50. The Labute approximate surface area is 132 Å². The van der Waals surface area contributed by atoms with E-state index in [4.69, 9.17) is 0 Å². The number of hydrogen-bond donors (Lipinski definition) is 2. The maximum Gasteiger partial charge on any atom is 0.422 e. The van der Waals surface area contributed by atoms with Gasteiger partial charge in [0, 0.05) is 31.9 Å². The summed E-state index contributed by atoms with van der Waals surface area (Å²) >= 11 is 0. The first-order valence-electron chi connectivity index (χ1n) is 7.23. The Hall–Kier alpha value is -2.25. The Morgan fingerprint density at radius 2 is 2.13 bits per heavy atom. The van der Waals surface area contributed by atoms with E-state index in [0.717, 1.165) is 18.4 Å². The Bertz CT molecular complexity index is 564. The molecule has 2 rings (SSSR count). The largest absolute Gasteiger partial charge is 0.468 e. The predicted molar refractivity (Wildman–Crippen MR) is 81.3 cm³/mol. The maximum atomic E-state index is 12.1. The van der Waals surface area contributed by atoms with Gasteiger partial charge in [-0.1, -0.05) is 12.2 Å². The lowest BCUT2D eigenvalue weighted by molar-refractivity contribution is -0.154. The van der Waals surface area contributed by atoms with Crippen LogP contribution < -0.4 is 15.4 Å². The van der Waals surface area contributed by atoms with E-state index in [0.29, 0.717) is 18.5 Å². The van der Waals surface area contributed by atoms with Gasteiger partial charge in [-0.2, -0.15) is 13.2 Å². The van der Waals surface area contributed by atoms with Crippen LogP contribution in [-0.4, -0.2) is 36.8 Å². The number of ether oxygens (including phenoxy) is 1. The third-order valence-electron chi connectivity index (χ3n) is 3.22. The maximum absolute atomic E-state index is 12.1. The molecule has 1 heterocycles. The predicted octanol–water partition coefficient (Wildman–Crippen LogP) is 2.41. The third kappa shape index (κ3) is 6.17. The molecule has 0 bridgehead atoms. The van der Waals surface area contributed by atoms with E-state index in [9.17, 15) is 13.2 Å². The first-order valence-corrected chi connectivity index (χ1v) is 7.23. The molecular weight excluding hydrogens is 309 g/mol. The molecule has 8 heteroatoms. The van der Waals surface area contributed by atoms with E-state index in [-0.39, 0.29) is 5.88 Å². The van der Waals surface area contributed by atoms with Crippen molar-refractivity contribution in [2.45, 2.75) is 31.6 Å². The zero-order valence-electron chi connectivity index (χ0n) is 12.7. The van der Waals surface area contributed by atoms with Gasteiger partial charge in [-0.15, -0.1) is 0 Å². The Balaban J connectivity index is 1.84. The first kappa shape index (κ1) is 17.1. The van der Waals surface area contributed by atoms with Crippen LogP contribution in [0.15, 0.2) is 35.5 Å². The molecule has 5 nitrogen and oxygen atoms in total. The van der Waals surface area contributed by atoms with Crippen LogP contribution in [0.3, 0.4) is 0 Å². The summed E-state index contributed by atoms with van der Waals surface area (Å²) in [5.41, 5.74) is 0.754. The lowest BCUT2D eigenvalue weighted by Crippen LogP contribution is -2.42. The number of aliphatic imine (C=N–C) groups is 1. The average molecular weight is 328 g/mol. The van der Waals surface area contributed by atoms with Crippen LogP contribution in [0.5, 0.6) is 5.88 Å². The molecule has 0 aromatic carbocycles. The minimum Gasteiger partial charge on any atom is -0.468 e. The summed E-state index contributed by atoms with van der Waals surface area (Å²) in [4.78, 5) is 7.90. The van der Waals surface area contributed by atoms with Crippen LogP contribution >= 0.6 is 0 Å². The molecule has 0 saturated heterocycles.